The van der Waals surface area contributed by atoms with Crippen LogP contribution in [0.5, 0.6) is 5.75 Å². The first-order chi connectivity index (χ1) is 9.88. The minimum atomic E-state index is -0.471. The topological polar surface area (TPSA) is 67.6 Å². The summed E-state index contributed by atoms with van der Waals surface area (Å²) >= 11 is 0. The van der Waals surface area contributed by atoms with E-state index >= 15 is 0 Å². The highest BCUT2D eigenvalue weighted by Crippen LogP contribution is 2.16. The van der Waals surface area contributed by atoms with Crippen LogP contribution in [0.15, 0.2) is 24.3 Å². The van der Waals surface area contributed by atoms with Gasteiger partial charge < -0.3 is 20.7 Å². The van der Waals surface area contributed by atoms with Crippen molar-refractivity contribution in [3.63, 3.8) is 0 Å². The van der Waals surface area contributed by atoms with E-state index in [1.54, 1.807) is 0 Å². The minimum Gasteiger partial charge on any atom is -0.492 e. The Morgan fingerprint density at radius 2 is 1.90 bits per heavy atom. The van der Waals surface area contributed by atoms with Gasteiger partial charge in [0.05, 0.1) is 6.04 Å². The zero-order valence-electron chi connectivity index (χ0n) is 13.4. The summed E-state index contributed by atoms with van der Waals surface area (Å²) in [4.78, 5) is 14.0. The highest BCUT2D eigenvalue weighted by molar-refractivity contribution is 5.94. The molecule has 0 aliphatic heterocycles. The van der Waals surface area contributed by atoms with Gasteiger partial charge in [-0.3, -0.25) is 4.79 Å². The number of carbonyl (C=O) groups excluding carboxylic acids is 1. The number of likely N-dealkylation sites (N-methyl/N-ethyl adjacent to an activating group) is 1. The van der Waals surface area contributed by atoms with Crippen LogP contribution >= 0.6 is 0 Å². The van der Waals surface area contributed by atoms with Gasteiger partial charge in [0.25, 0.3) is 0 Å². The molecular formula is C16H27N3O2. The molecule has 1 unspecified atom stereocenters. The van der Waals surface area contributed by atoms with Crippen LogP contribution in [0.25, 0.3) is 0 Å². The molecule has 1 aromatic rings. The molecule has 0 radical (unpaired) electrons. The zero-order chi connectivity index (χ0) is 15.8. The summed E-state index contributed by atoms with van der Waals surface area (Å²) < 4.78 is 5.60. The Bertz CT molecular complexity index is 430. The second-order valence-electron chi connectivity index (χ2n) is 5.90. The van der Waals surface area contributed by atoms with E-state index in [4.69, 9.17) is 10.5 Å². The molecule has 21 heavy (non-hydrogen) atoms. The maximum atomic E-state index is 11.9. The lowest BCUT2D eigenvalue weighted by Crippen LogP contribution is -2.36. The van der Waals surface area contributed by atoms with Crippen molar-refractivity contribution in [2.45, 2.75) is 26.3 Å². The number of nitrogens with one attached hydrogen (secondary N) is 1. The predicted octanol–water partition coefficient (Wildman–Crippen LogP) is 1.94. The summed E-state index contributed by atoms with van der Waals surface area (Å²) in [5.41, 5.74) is 6.58. The zero-order valence-corrected chi connectivity index (χ0v) is 13.4. The molecule has 0 bridgehead atoms. The fourth-order valence-corrected chi connectivity index (χ4v) is 1.83. The van der Waals surface area contributed by atoms with Crippen molar-refractivity contribution in [3.8, 4) is 5.75 Å². The summed E-state index contributed by atoms with van der Waals surface area (Å²) in [6.07, 6.45) is 0.678. The molecule has 5 heteroatoms. The van der Waals surface area contributed by atoms with E-state index in [1.807, 2.05) is 52.2 Å². The van der Waals surface area contributed by atoms with Crippen molar-refractivity contribution in [1.29, 1.82) is 0 Å². The molecule has 0 heterocycles. The van der Waals surface area contributed by atoms with E-state index in [9.17, 15) is 4.79 Å². The van der Waals surface area contributed by atoms with Gasteiger partial charge in [-0.15, -0.1) is 0 Å². The molecule has 1 aromatic carbocycles. The van der Waals surface area contributed by atoms with Crippen molar-refractivity contribution in [1.82, 2.24) is 4.90 Å². The van der Waals surface area contributed by atoms with Gasteiger partial charge in [0.1, 0.15) is 12.4 Å². The van der Waals surface area contributed by atoms with Crippen molar-refractivity contribution in [3.05, 3.63) is 24.3 Å². The molecule has 0 aromatic heterocycles. The quantitative estimate of drug-likeness (QED) is 0.768. The summed E-state index contributed by atoms with van der Waals surface area (Å²) in [7, 11) is 4.00. The number of rotatable bonds is 8. The number of nitrogens with two attached hydrogens (primary N) is 1. The molecule has 0 aliphatic rings. The van der Waals surface area contributed by atoms with Crippen LogP contribution in [0.2, 0.25) is 0 Å². The number of benzene rings is 1. The van der Waals surface area contributed by atoms with E-state index < -0.39 is 6.04 Å². The lowest BCUT2D eigenvalue weighted by atomic mass is 10.0. The summed E-state index contributed by atoms with van der Waals surface area (Å²) in [6.45, 7) is 5.60. The third-order valence-electron chi connectivity index (χ3n) is 2.99. The monoisotopic (exact) mass is 293 g/mol. The standard InChI is InChI=1S/C16H27N3O2/c1-12(2)11-15(17)16(20)18-13-5-7-14(8-6-13)21-10-9-19(3)4/h5-8,12,15H,9-11,17H2,1-4H3,(H,18,20). The van der Waals surface area contributed by atoms with Crippen molar-refractivity contribution >= 4 is 11.6 Å². The summed E-state index contributed by atoms with van der Waals surface area (Å²) in [5.74, 6) is 1.05. The molecule has 1 rings (SSSR count). The lowest BCUT2D eigenvalue weighted by molar-refractivity contribution is -0.117. The smallest absolute Gasteiger partial charge is 0.241 e. The fourth-order valence-electron chi connectivity index (χ4n) is 1.83. The first kappa shape index (κ1) is 17.5. The molecule has 1 amide bonds. The van der Waals surface area contributed by atoms with Gasteiger partial charge in [-0.2, -0.15) is 0 Å². The highest BCUT2D eigenvalue weighted by Gasteiger charge is 2.14. The molecule has 0 fully saturated rings. The molecule has 5 nitrogen and oxygen atoms in total. The molecule has 0 spiro atoms. The Morgan fingerprint density at radius 1 is 1.29 bits per heavy atom. The van der Waals surface area contributed by atoms with Gasteiger partial charge in [-0.05, 0) is 50.7 Å². The lowest BCUT2D eigenvalue weighted by Gasteiger charge is -2.14. The first-order valence-electron chi connectivity index (χ1n) is 7.32. The van der Waals surface area contributed by atoms with E-state index in [-0.39, 0.29) is 5.91 Å². The van der Waals surface area contributed by atoms with Crippen LogP contribution < -0.4 is 15.8 Å². The summed E-state index contributed by atoms with van der Waals surface area (Å²) in [5, 5.41) is 2.82. The minimum absolute atomic E-state index is 0.148. The maximum Gasteiger partial charge on any atom is 0.241 e. The number of ether oxygens (including phenoxy) is 1. The molecule has 3 N–H and O–H groups in total. The number of nitrogens with zero attached hydrogens (tertiary/aromatic N) is 1. The Balaban J connectivity index is 2.45. The van der Waals surface area contributed by atoms with Crippen LogP contribution in [-0.4, -0.2) is 44.1 Å². The van der Waals surface area contributed by atoms with E-state index in [0.717, 1.165) is 18.0 Å². The molecular weight excluding hydrogens is 266 g/mol. The largest absolute Gasteiger partial charge is 0.492 e. The Labute approximate surface area is 127 Å². The number of anilines is 1. The SMILES string of the molecule is CC(C)CC(N)C(=O)Nc1ccc(OCCN(C)C)cc1. The van der Waals surface area contributed by atoms with Crippen LogP contribution in [0.3, 0.4) is 0 Å². The summed E-state index contributed by atoms with van der Waals surface area (Å²) in [6, 6.07) is 6.87. The van der Waals surface area contributed by atoms with E-state index in [2.05, 4.69) is 10.2 Å². The Kier molecular flexibility index (Phi) is 7.19. The van der Waals surface area contributed by atoms with Gasteiger partial charge in [-0.25, -0.2) is 0 Å². The number of hydrogen-bond donors (Lipinski definition) is 2. The van der Waals surface area contributed by atoms with Gasteiger partial charge in [0, 0.05) is 12.2 Å². The fraction of sp³-hybridized carbons (Fsp3) is 0.562. The Hall–Kier alpha value is -1.59. The number of amides is 1. The van der Waals surface area contributed by atoms with E-state index in [1.165, 1.54) is 0 Å². The van der Waals surface area contributed by atoms with Crippen LogP contribution in [0.4, 0.5) is 5.69 Å². The number of hydrogen-bond acceptors (Lipinski definition) is 4. The van der Waals surface area contributed by atoms with Crippen molar-refractivity contribution in [2.24, 2.45) is 11.7 Å². The molecule has 0 saturated carbocycles. The highest BCUT2D eigenvalue weighted by atomic mass is 16.5. The average Bonchev–Trinajstić information content (AvgIpc) is 2.39. The molecule has 0 saturated heterocycles. The van der Waals surface area contributed by atoms with E-state index in [0.29, 0.717) is 18.9 Å². The third-order valence-corrected chi connectivity index (χ3v) is 2.99. The second kappa shape index (κ2) is 8.64. The molecule has 118 valence electrons. The predicted molar refractivity (Wildman–Crippen MR) is 86.6 cm³/mol. The molecule has 1 atom stereocenters. The normalized spacial score (nSPS) is 12.5. The maximum absolute atomic E-state index is 11.9. The van der Waals surface area contributed by atoms with Crippen LogP contribution in [0.1, 0.15) is 20.3 Å². The van der Waals surface area contributed by atoms with Gasteiger partial charge in [-0.1, -0.05) is 13.8 Å². The first-order valence-corrected chi connectivity index (χ1v) is 7.32. The van der Waals surface area contributed by atoms with Crippen LogP contribution in [-0.2, 0) is 4.79 Å². The van der Waals surface area contributed by atoms with Gasteiger partial charge in [0.15, 0.2) is 0 Å². The molecule has 0 aliphatic carbocycles. The van der Waals surface area contributed by atoms with Gasteiger partial charge in [0.2, 0.25) is 5.91 Å². The third kappa shape index (κ3) is 7.11. The number of carbonyl (C=O) groups is 1. The van der Waals surface area contributed by atoms with Crippen LogP contribution in [0, 0.1) is 5.92 Å². The van der Waals surface area contributed by atoms with Crippen molar-refractivity contribution in [2.75, 3.05) is 32.6 Å². The second-order valence-corrected chi connectivity index (χ2v) is 5.90. The van der Waals surface area contributed by atoms with Crippen molar-refractivity contribution < 1.29 is 9.53 Å². The average molecular weight is 293 g/mol. The van der Waals surface area contributed by atoms with Gasteiger partial charge >= 0.3 is 0 Å². The Morgan fingerprint density at radius 3 is 2.43 bits per heavy atom.